The highest BCUT2D eigenvalue weighted by Gasteiger charge is 2.25. The third-order valence-electron chi connectivity index (χ3n) is 4.00. The Morgan fingerprint density at radius 3 is 2.83 bits per heavy atom. The lowest BCUT2D eigenvalue weighted by atomic mass is 10.2. The summed E-state index contributed by atoms with van der Waals surface area (Å²) in [4.78, 5) is 25.8. The maximum absolute atomic E-state index is 11.3. The van der Waals surface area contributed by atoms with Crippen LogP contribution in [0.4, 0.5) is 5.82 Å². The molecule has 0 aromatic carbocycles. The molecule has 1 aliphatic rings. The standard InChI is InChI=1S/C16H14N4O3S/c1-8-6-7-11(14(17-8)20(21)22)23-15-13-10-4-3-5-12(10)24-16(13)19-9(2)18-15/h6-7H,3-5H2,1-2H3. The lowest BCUT2D eigenvalue weighted by molar-refractivity contribution is -0.390. The van der Waals surface area contributed by atoms with Gasteiger partial charge in [-0.15, -0.1) is 11.3 Å². The Balaban J connectivity index is 1.88. The van der Waals surface area contributed by atoms with Crippen molar-refractivity contribution in [1.29, 1.82) is 0 Å². The van der Waals surface area contributed by atoms with Gasteiger partial charge in [0, 0.05) is 11.8 Å². The number of nitro groups is 1. The molecule has 0 amide bonds. The first-order valence-corrected chi connectivity index (χ1v) is 8.43. The molecule has 24 heavy (non-hydrogen) atoms. The Labute approximate surface area is 141 Å². The first kappa shape index (κ1) is 14.9. The molecule has 3 heterocycles. The predicted octanol–water partition coefficient (Wildman–Crippen LogP) is 3.89. The molecule has 0 aliphatic heterocycles. The summed E-state index contributed by atoms with van der Waals surface area (Å²) in [6.45, 7) is 3.49. The van der Waals surface area contributed by atoms with Gasteiger partial charge in [0.1, 0.15) is 16.3 Å². The normalized spacial score (nSPS) is 13.2. The van der Waals surface area contributed by atoms with Crippen LogP contribution in [-0.2, 0) is 12.8 Å². The molecule has 8 heteroatoms. The van der Waals surface area contributed by atoms with Gasteiger partial charge in [0.15, 0.2) is 0 Å². The van der Waals surface area contributed by atoms with Gasteiger partial charge in [0.2, 0.25) is 11.6 Å². The van der Waals surface area contributed by atoms with Crippen molar-refractivity contribution in [2.75, 3.05) is 0 Å². The van der Waals surface area contributed by atoms with E-state index in [9.17, 15) is 10.1 Å². The third-order valence-corrected chi connectivity index (χ3v) is 5.19. The van der Waals surface area contributed by atoms with Gasteiger partial charge in [-0.2, -0.15) is 4.98 Å². The van der Waals surface area contributed by atoms with Crippen molar-refractivity contribution in [2.45, 2.75) is 33.1 Å². The Hall–Kier alpha value is -2.61. The largest absolute Gasteiger partial charge is 0.429 e. The number of hydrogen-bond acceptors (Lipinski definition) is 7. The number of thiophene rings is 1. The summed E-state index contributed by atoms with van der Waals surface area (Å²) in [5.41, 5.74) is 1.78. The van der Waals surface area contributed by atoms with Crippen LogP contribution >= 0.6 is 11.3 Å². The molecule has 0 bridgehead atoms. The minimum atomic E-state index is -0.536. The van der Waals surface area contributed by atoms with E-state index in [1.807, 2.05) is 0 Å². The predicted molar refractivity (Wildman–Crippen MR) is 89.9 cm³/mol. The number of pyridine rings is 1. The number of hydrogen-bond donors (Lipinski definition) is 0. The quantitative estimate of drug-likeness (QED) is 0.530. The highest BCUT2D eigenvalue weighted by molar-refractivity contribution is 7.19. The first-order valence-electron chi connectivity index (χ1n) is 7.61. The van der Waals surface area contributed by atoms with Gasteiger partial charge < -0.3 is 14.9 Å². The van der Waals surface area contributed by atoms with Crippen molar-refractivity contribution in [3.8, 4) is 11.6 Å². The monoisotopic (exact) mass is 342 g/mol. The highest BCUT2D eigenvalue weighted by atomic mass is 32.1. The van der Waals surface area contributed by atoms with Crippen LogP contribution < -0.4 is 4.74 Å². The Bertz CT molecular complexity index is 983. The second-order valence-electron chi connectivity index (χ2n) is 5.75. The number of rotatable bonds is 3. The van der Waals surface area contributed by atoms with Gasteiger partial charge in [0.05, 0.1) is 5.39 Å². The van der Waals surface area contributed by atoms with Crippen molar-refractivity contribution in [3.05, 3.63) is 44.2 Å². The van der Waals surface area contributed by atoms with Gasteiger partial charge in [0.25, 0.3) is 0 Å². The molecular formula is C16H14N4O3S. The number of aromatic nitrogens is 3. The summed E-state index contributed by atoms with van der Waals surface area (Å²) in [5.74, 6) is 0.764. The van der Waals surface area contributed by atoms with E-state index in [-0.39, 0.29) is 11.6 Å². The Morgan fingerprint density at radius 2 is 2.04 bits per heavy atom. The topological polar surface area (TPSA) is 91.0 Å². The summed E-state index contributed by atoms with van der Waals surface area (Å²) in [6.07, 6.45) is 3.12. The van der Waals surface area contributed by atoms with Crippen molar-refractivity contribution < 1.29 is 9.66 Å². The van der Waals surface area contributed by atoms with Crippen LogP contribution in [0.2, 0.25) is 0 Å². The van der Waals surface area contributed by atoms with Gasteiger partial charge in [-0.05, 0) is 53.8 Å². The summed E-state index contributed by atoms with van der Waals surface area (Å²) in [5, 5.41) is 12.1. The van der Waals surface area contributed by atoms with Crippen LogP contribution in [0, 0.1) is 24.0 Å². The minimum Gasteiger partial charge on any atom is -0.429 e. The second-order valence-corrected chi connectivity index (χ2v) is 6.83. The molecule has 0 N–H and O–H groups in total. The third kappa shape index (κ3) is 2.39. The number of ether oxygens (including phenoxy) is 1. The Morgan fingerprint density at radius 1 is 1.21 bits per heavy atom. The van der Waals surface area contributed by atoms with Crippen molar-refractivity contribution in [2.24, 2.45) is 0 Å². The molecule has 0 saturated heterocycles. The van der Waals surface area contributed by atoms with E-state index in [1.54, 1.807) is 37.3 Å². The van der Waals surface area contributed by atoms with E-state index in [1.165, 1.54) is 10.4 Å². The zero-order valence-corrected chi connectivity index (χ0v) is 14.0. The molecule has 122 valence electrons. The molecule has 1 aliphatic carbocycles. The lowest BCUT2D eigenvalue weighted by Gasteiger charge is -2.08. The lowest BCUT2D eigenvalue weighted by Crippen LogP contribution is -2.00. The van der Waals surface area contributed by atoms with Crippen LogP contribution in [0.25, 0.3) is 10.2 Å². The zero-order chi connectivity index (χ0) is 16.8. The molecule has 0 radical (unpaired) electrons. The number of nitrogens with zero attached hydrogens (tertiary/aromatic N) is 4. The van der Waals surface area contributed by atoms with E-state index >= 15 is 0 Å². The van der Waals surface area contributed by atoms with Crippen LogP contribution in [0.1, 0.15) is 28.4 Å². The number of fused-ring (bicyclic) bond motifs is 3. The average Bonchev–Trinajstić information content (AvgIpc) is 3.08. The smallest absolute Gasteiger partial charge is 0.407 e. The number of aryl methyl sites for hydroxylation is 4. The van der Waals surface area contributed by atoms with Crippen LogP contribution in [0.5, 0.6) is 11.6 Å². The van der Waals surface area contributed by atoms with E-state index in [2.05, 4.69) is 15.0 Å². The maximum Gasteiger partial charge on any atom is 0.407 e. The summed E-state index contributed by atoms with van der Waals surface area (Å²) in [6, 6.07) is 3.25. The zero-order valence-electron chi connectivity index (χ0n) is 13.2. The fraction of sp³-hybridized carbons (Fsp3) is 0.312. The molecule has 0 fully saturated rings. The molecule has 0 spiro atoms. The van der Waals surface area contributed by atoms with E-state index < -0.39 is 4.92 Å². The fourth-order valence-corrected chi connectivity index (χ4v) is 4.28. The van der Waals surface area contributed by atoms with Crippen LogP contribution in [0.3, 0.4) is 0 Å². The van der Waals surface area contributed by atoms with E-state index in [0.29, 0.717) is 17.4 Å². The SMILES string of the molecule is Cc1ccc(Oc2nc(C)nc3sc4c(c23)CCC4)c([N+](=O)[O-])n1. The summed E-state index contributed by atoms with van der Waals surface area (Å²) >= 11 is 1.66. The van der Waals surface area contributed by atoms with Gasteiger partial charge in [-0.1, -0.05) is 0 Å². The Kier molecular flexibility index (Phi) is 3.42. The molecular weight excluding hydrogens is 328 g/mol. The molecule has 0 unspecified atom stereocenters. The highest BCUT2D eigenvalue weighted by Crippen LogP contribution is 2.42. The molecule has 3 aromatic rings. The van der Waals surface area contributed by atoms with Crippen molar-refractivity contribution >= 4 is 27.4 Å². The van der Waals surface area contributed by atoms with Gasteiger partial charge in [-0.25, -0.2) is 4.98 Å². The fourth-order valence-electron chi connectivity index (χ4n) is 2.98. The second kappa shape index (κ2) is 5.48. The van der Waals surface area contributed by atoms with Crippen LogP contribution in [-0.4, -0.2) is 19.9 Å². The average molecular weight is 342 g/mol. The summed E-state index contributed by atoms with van der Waals surface area (Å²) in [7, 11) is 0. The summed E-state index contributed by atoms with van der Waals surface area (Å²) < 4.78 is 5.85. The van der Waals surface area contributed by atoms with Gasteiger partial charge >= 0.3 is 5.82 Å². The van der Waals surface area contributed by atoms with E-state index in [0.717, 1.165) is 29.5 Å². The maximum atomic E-state index is 11.3. The molecule has 7 nitrogen and oxygen atoms in total. The molecule has 0 atom stereocenters. The van der Waals surface area contributed by atoms with Gasteiger partial charge in [-0.3, -0.25) is 0 Å². The van der Waals surface area contributed by atoms with Crippen LogP contribution in [0.15, 0.2) is 12.1 Å². The van der Waals surface area contributed by atoms with E-state index in [4.69, 9.17) is 4.74 Å². The first-order chi connectivity index (χ1) is 11.5. The van der Waals surface area contributed by atoms with Crippen molar-refractivity contribution in [1.82, 2.24) is 15.0 Å². The minimum absolute atomic E-state index is 0.1000. The molecule has 4 rings (SSSR count). The molecule has 0 saturated carbocycles. The van der Waals surface area contributed by atoms with Crippen molar-refractivity contribution in [3.63, 3.8) is 0 Å². The molecule has 3 aromatic heterocycles.